The SMILES string of the molecule is CC1(C)C(NC(=O)c2ccnc(Br)c2)C1(C)C. The average molecular weight is 297 g/mol. The minimum absolute atomic E-state index is 0.0308. The Morgan fingerprint density at radius 3 is 2.41 bits per heavy atom. The number of aromatic nitrogens is 1. The van der Waals surface area contributed by atoms with Crippen molar-refractivity contribution in [3.8, 4) is 0 Å². The normalized spacial score (nSPS) is 21.0. The second-order valence-electron chi connectivity index (χ2n) is 5.72. The summed E-state index contributed by atoms with van der Waals surface area (Å²) in [6, 6.07) is 3.69. The smallest absolute Gasteiger partial charge is 0.251 e. The number of nitrogens with zero attached hydrogens (tertiary/aromatic N) is 1. The van der Waals surface area contributed by atoms with Crippen LogP contribution in [0.5, 0.6) is 0 Å². The van der Waals surface area contributed by atoms with Gasteiger partial charge in [-0.25, -0.2) is 4.98 Å². The Labute approximate surface area is 110 Å². The minimum Gasteiger partial charge on any atom is -0.348 e. The van der Waals surface area contributed by atoms with E-state index in [1.165, 1.54) is 0 Å². The summed E-state index contributed by atoms with van der Waals surface area (Å²) >= 11 is 3.27. The highest BCUT2D eigenvalue weighted by Gasteiger charge is 2.65. The summed E-state index contributed by atoms with van der Waals surface area (Å²) in [5.41, 5.74) is 0.963. The van der Waals surface area contributed by atoms with E-state index in [4.69, 9.17) is 0 Å². The molecule has 1 aromatic rings. The van der Waals surface area contributed by atoms with Crippen LogP contribution in [0.3, 0.4) is 0 Å². The first kappa shape index (κ1) is 12.6. The standard InChI is InChI=1S/C13H17BrN2O/c1-12(2)11(13(12,3)4)16-10(17)8-5-6-15-9(14)7-8/h5-7,11H,1-4H3,(H,16,17). The lowest BCUT2D eigenvalue weighted by molar-refractivity contribution is 0.0943. The Bertz CT molecular complexity index is 454. The van der Waals surface area contributed by atoms with Crippen molar-refractivity contribution >= 4 is 21.8 Å². The van der Waals surface area contributed by atoms with E-state index in [0.29, 0.717) is 10.2 Å². The highest BCUT2D eigenvalue weighted by molar-refractivity contribution is 9.10. The van der Waals surface area contributed by atoms with E-state index >= 15 is 0 Å². The van der Waals surface area contributed by atoms with Crippen LogP contribution >= 0.6 is 15.9 Å². The molecule has 1 aliphatic carbocycles. The monoisotopic (exact) mass is 296 g/mol. The van der Waals surface area contributed by atoms with Crippen molar-refractivity contribution in [3.05, 3.63) is 28.5 Å². The van der Waals surface area contributed by atoms with Gasteiger partial charge in [0.2, 0.25) is 0 Å². The average Bonchev–Trinajstić information content (AvgIpc) is 2.61. The molecule has 0 atom stereocenters. The van der Waals surface area contributed by atoms with Crippen molar-refractivity contribution in [1.29, 1.82) is 0 Å². The molecule has 0 saturated heterocycles. The van der Waals surface area contributed by atoms with E-state index < -0.39 is 0 Å². The second-order valence-corrected chi connectivity index (χ2v) is 6.53. The first-order valence-electron chi connectivity index (χ1n) is 5.69. The van der Waals surface area contributed by atoms with Gasteiger partial charge in [0.25, 0.3) is 5.91 Å². The maximum absolute atomic E-state index is 12.1. The summed E-state index contributed by atoms with van der Waals surface area (Å²) in [6.45, 7) is 8.72. The lowest BCUT2D eigenvalue weighted by Gasteiger charge is -2.06. The number of rotatable bonds is 2. The molecule has 0 aromatic carbocycles. The van der Waals surface area contributed by atoms with E-state index in [9.17, 15) is 4.79 Å². The van der Waals surface area contributed by atoms with Gasteiger partial charge in [-0.3, -0.25) is 4.79 Å². The molecular formula is C13H17BrN2O. The van der Waals surface area contributed by atoms with Gasteiger partial charge in [-0.15, -0.1) is 0 Å². The van der Waals surface area contributed by atoms with Crippen LogP contribution in [0.1, 0.15) is 38.1 Å². The second kappa shape index (κ2) is 3.80. The van der Waals surface area contributed by atoms with Crippen LogP contribution in [0.25, 0.3) is 0 Å². The maximum Gasteiger partial charge on any atom is 0.251 e. The van der Waals surface area contributed by atoms with E-state index in [2.05, 4.69) is 53.9 Å². The number of hydrogen-bond acceptors (Lipinski definition) is 2. The molecule has 3 nitrogen and oxygen atoms in total. The summed E-state index contributed by atoms with van der Waals surface area (Å²) < 4.78 is 0.680. The number of amides is 1. The van der Waals surface area contributed by atoms with Crippen molar-refractivity contribution in [3.63, 3.8) is 0 Å². The molecule has 0 aliphatic heterocycles. The lowest BCUT2D eigenvalue weighted by Crippen LogP contribution is -2.29. The van der Waals surface area contributed by atoms with Gasteiger partial charge in [-0.2, -0.15) is 0 Å². The number of hydrogen-bond donors (Lipinski definition) is 1. The maximum atomic E-state index is 12.1. The lowest BCUT2D eigenvalue weighted by atomic mass is 10.0. The van der Waals surface area contributed by atoms with Crippen LogP contribution in [-0.4, -0.2) is 16.9 Å². The molecule has 1 N–H and O–H groups in total. The molecule has 1 fully saturated rings. The number of carbonyl (C=O) groups excluding carboxylic acids is 1. The van der Waals surface area contributed by atoms with E-state index in [-0.39, 0.29) is 22.8 Å². The summed E-state index contributed by atoms with van der Waals surface area (Å²) in [5.74, 6) is -0.0308. The van der Waals surface area contributed by atoms with Gasteiger partial charge in [0, 0.05) is 17.8 Å². The molecule has 0 radical (unpaired) electrons. The van der Waals surface area contributed by atoms with Crippen molar-refractivity contribution < 1.29 is 4.79 Å². The van der Waals surface area contributed by atoms with Crippen molar-refractivity contribution in [2.75, 3.05) is 0 Å². The Kier molecular flexibility index (Phi) is 2.81. The van der Waals surface area contributed by atoms with Gasteiger partial charge in [0.15, 0.2) is 0 Å². The summed E-state index contributed by atoms with van der Waals surface area (Å²) in [6.07, 6.45) is 1.63. The van der Waals surface area contributed by atoms with Gasteiger partial charge in [-0.05, 0) is 38.9 Å². The number of nitrogens with one attached hydrogen (secondary N) is 1. The molecule has 1 aromatic heterocycles. The molecule has 17 heavy (non-hydrogen) atoms. The topological polar surface area (TPSA) is 42.0 Å². The zero-order valence-corrected chi connectivity index (χ0v) is 12.1. The highest BCUT2D eigenvalue weighted by atomic mass is 79.9. The Hall–Kier alpha value is -0.900. The molecule has 1 aliphatic rings. The van der Waals surface area contributed by atoms with Gasteiger partial charge in [0.1, 0.15) is 4.60 Å². The molecule has 4 heteroatoms. The van der Waals surface area contributed by atoms with Crippen LogP contribution in [0.15, 0.2) is 22.9 Å². The summed E-state index contributed by atoms with van der Waals surface area (Å²) in [7, 11) is 0. The first-order chi connectivity index (χ1) is 7.76. The van der Waals surface area contributed by atoms with Crippen LogP contribution in [0.2, 0.25) is 0 Å². The number of carbonyl (C=O) groups is 1. The number of pyridine rings is 1. The molecule has 0 bridgehead atoms. The molecule has 0 unspecified atom stereocenters. The third-order valence-electron chi connectivity index (χ3n) is 4.28. The molecular weight excluding hydrogens is 280 g/mol. The van der Waals surface area contributed by atoms with Gasteiger partial charge in [0.05, 0.1) is 0 Å². The van der Waals surface area contributed by atoms with E-state index in [1.807, 2.05) is 0 Å². The zero-order chi connectivity index (χ0) is 12.8. The van der Waals surface area contributed by atoms with E-state index in [0.717, 1.165) is 0 Å². The molecule has 2 rings (SSSR count). The Morgan fingerprint density at radius 1 is 1.35 bits per heavy atom. The van der Waals surface area contributed by atoms with Crippen molar-refractivity contribution in [2.24, 2.45) is 10.8 Å². The fraction of sp³-hybridized carbons (Fsp3) is 0.538. The fourth-order valence-electron chi connectivity index (χ4n) is 2.32. The van der Waals surface area contributed by atoms with Crippen molar-refractivity contribution in [1.82, 2.24) is 10.3 Å². The van der Waals surface area contributed by atoms with E-state index in [1.54, 1.807) is 18.3 Å². The third kappa shape index (κ3) is 1.99. The Balaban J connectivity index is 2.10. The largest absolute Gasteiger partial charge is 0.348 e. The van der Waals surface area contributed by atoms with Gasteiger partial charge in [-0.1, -0.05) is 27.7 Å². The van der Waals surface area contributed by atoms with Crippen molar-refractivity contribution in [2.45, 2.75) is 33.7 Å². The number of halogens is 1. The van der Waals surface area contributed by atoms with Crippen LogP contribution in [-0.2, 0) is 0 Å². The molecule has 1 heterocycles. The van der Waals surface area contributed by atoms with Crippen LogP contribution < -0.4 is 5.32 Å². The van der Waals surface area contributed by atoms with Gasteiger partial charge < -0.3 is 5.32 Å². The summed E-state index contributed by atoms with van der Waals surface area (Å²) in [5, 5.41) is 3.09. The predicted molar refractivity (Wildman–Crippen MR) is 70.8 cm³/mol. The summed E-state index contributed by atoms with van der Waals surface area (Å²) in [4.78, 5) is 16.1. The molecule has 1 saturated carbocycles. The Morgan fingerprint density at radius 2 is 1.94 bits per heavy atom. The van der Waals surface area contributed by atoms with Gasteiger partial charge >= 0.3 is 0 Å². The fourth-order valence-corrected chi connectivity index (χ4v) is 2.68. The highest BCUT2D eigenvalue weighted by Crippen LogP contribution is 2.62. The molecule has 0 spiro atoms. The predicted octanol–water partition coefficient (Wildman–Crippen LogP) is 3.01. The minimum atomic E-state index is -0.0308. The van der Waals surface area contributed by atoms with Crippen LogP contribution in [0.4, 0.5) is 0 Å². The quantitative estimate of drug-likeness (QED) is 0.853. The molecule has 1 amide bonds. The zero-order valence-electron chi connectivity index (χ0n) is 10.5. The first-order valence-corrected chi connectivity index (χ1v) is 6.48. The van der Waals surface area contributed by atoms with Crippen LogP contribution in [0, 0.1) is 10.8 Å². The third-order valence-corrected chi connectivity index (χ3v) is 4.72. The molecule has 92 valence electrons.